The van der Waals surface area contributed by atoms with Gasteiger partial charge in [-0.1, -0.05) is 30.3 Å². The van der Waals surface area contributed by atoms with E-state index < -0.39 is 0 Å². The molecular formula is C20H18N4O. The van der Waals surface area contributed by atoms with Gasteiger partial charge in [0, 0.05) is 23.7 Å². The van der Waals surface area contributed by atoms with Gasteiger partial charge >= 0.3 is 0 Å². The topological polar surface area (TPSA) is 91.0 Å². The van der Waals surface area contributed by atoms with Gasteiger partial charge < -0.3 is 15.9 Å². The molecule has 5 heteroatoms. The minimum atomic E-state index is 0.226. The first-order valence-electron chi connectivity index (χ1n) is 8.06. The molecule has 124 valence electrons. The molecule has 0 unspecified atom stereocenters. The van der Waals surface area contributed by atoms with Crippen molar-refractivity contribution in [3.05, 3.63) is 71.7 Å². The number of benzene rings is 1. The minimum absolute atomic E-state index is 0.226. The van der Waals surface area contributed by atoms with Crippen molar-refractivity contribution in [1.82, 2.24) is 9.97 Å². The third-order valence-corrected chi connectivity index (χ3v) is 4.27. The number of rotatable bonds is 3. The van der Waals surface area contributed by atoms with E-state index in [4.69, 9.17) is 15.9 Å². The Balaban J connectivity index is 1.91. The molecule has 0 aliphatic heterocycles. The van der Waals surface area contributed by atoms with Gasteiger partial charge in [0.05, 0.1) is 5.39 Å². The first-order valence-corrected chi connectivity index (χ1v) is 8.06. The standard InChI is InChI=1S/C20H18N4O/c1-12-9-14(7-8-23-12)18-19-16(17(21)20(22)25-19)15(11-24-18)10-13-5-3-2-4-6-13/h2-9,11H,10,21-22H2,1H3. The molecule has 0 saturated heterocycles. The fourth-order valence-corrected chi connectivity index (χ4v) is 3.06. The van der Waals surface area contributed by atoms with Crippen LogP contribution in [0.2, 0.25) is 0 Å². The van der Waals surface area contributed by atoms with Crippen LogP contribution in [0.1, 0.15) is 16.8 Å². The molecule has 0 radical (unpaired) electrons. The molecule has 25 heavy (non-hydrogen) atoms. The van der Waals surface area contributed by atoms with Gasteiger partial charge in [-0.15, -0.1) is 0 Å². The van der Waals surface area contributed by atoms with Crippen molar-refractivity contribution in [2.75, 3.05) is 11.5 Å². The molecule has 3 heterocycles. The molecule has 0 fully saturated rings. The zero-order chi connectivity index (χ0) is 17.4. The zero-order valence-electron chi connectivity index (χ0n) is 13.9. The average molecular weight is 330 g/mol. The van der Waals surface area contributed by atoms with E-state index in [1.54, 1.807) is 6.20 Å². The molecule has 5 nitrogen and oxygen atoms in total. The number of nitrogens with zero attached hydrogens (tertiary/aromatic N) is 2. The van der Waals surface area contributed by atoms with Crippen LogP contribution >= 0.6 is 0 Å². The molecule has 0 aliphatic rings. The fraction of sp³-hybridized carbons (Fsp3) is 0.100. The van der Waals surface area contributed by atoms with Crippen molar-refractivity contribution < 1.29 is 4.42 Å². The number of nitrogen functional groups attached to an aromatic ring is 2. The van der Waals surface area contributed by atoms with Crippen LogP contribution < -0.4 is 11.5 Å². The maximum Gasteiger partial charge on any atom is 0.214 e. The average Bonchev–Trinajstić information content (AvgIpc) is 2.91. The van der Waals surface area contributed by atoms with Crippen LogP contribution in [0, 0.1) is 6.92 Å². The van der Waals surface area contributed by atoms with Crippen LogP contribution in [-0.2, 0) is 6.42 Å². The Morgan fingerprint density at radius 2 is 1.84 bits per heavy atom. The van der Waals surface area contributed by atoms with Gasteiger partial charge in [-0.05, 0) is 36.6 Å². The monoisotopic (exact) mass is 330 g/mol. The van der Waals surface area contributed by atoms with Crippen molar-refractivity contribution in [2.24, 2.45) is 0 Å². The van der Waals surface area contributed by atoms with Gasteiger partial charge in [0.1, 0.15) is 11.4 Å². The highest BCUT2D eigenvalue weighted by molar-refractivity contribution is 6.03. The summed E-state index contributed by atoms with van der Waals surface area (Å²) >= 11 is 0. The summed E-state index contributed by atoms with van der Waals surface area (Å²) < 4.78 is 5.77. The third-order valence-electron chi connectivity index (χ3n) is 4.27. The van der Waals surface area contributed by atoms with Crippen molar-refractivity contribution in [1.29, 1.82) is 0 Å². The molecular weight excluding hydrogens is 312 g/mol. The van der Waals surface area contributed by atoms with Gasteiger partial charge in [-0.25, -0.2) is 0 Å². The lowest BCUT2D eigenvalue weighted by Crippen LogP contribution is -1.96. The molecule has 0 spiro atoms. The van der Waals surface area contributed by atoms with Gasteiger partial charge in [-0.2, -0.15) is 0 Å². The van der Waals surface area contributed by atoms with E-state index >= 15 is 0 Å². The number of hydrogen-bond acceptors (Lipinski definition) is 5. The van der Waals surface area contributed by atoms with Crippen molar-refractivity contribution in [3.8, 4) is 11.3 Å². The van der Waals surface area contributed by atoms with Crippen LogP contribution in [0.25, 0.3) is 22.2 Å². The molecule has 4 rings (SSSR count). The maximum absolute atomic E-state index is 6.21. The van der Waals surface area contributed by atoms with Crippen molar-refractivity contribution >= 4 is 22.5 Å². The second-order valence-electron chi connectivity index (χ2n) is 6.06. The molecule has 0 aliphatic carbocycles. The smallest absolute Gasteiger partial charge is 0.214 e. The SMILES string of the molecule is Cc1cc(-c2ncc(Cc3ccccc3)c3c(N)c(N)oc23)ccn1. The highest BCUT2D eigenvalue weighted by Crippen LogP contribution is 2.38. The van der Waals surface area contributed by atoms with E-state index in [-0.39, 0.29) is 5.88 Å². The second kappa shape index (κ2) is 5.94. The Morgan fingerprint density at radius 3 is 2.60 bits per heavy atom. The maximum atomic E-state index is 6.21. The Morgan fingerprint density at radius 1 is 1.04 bits per heavy atom. The summed E-state index contributed by atoms with van der Waals surface area (Å²) in [4.78, 5) is 8.87. The summed E-state index contributed by atoms with van der Waals surface area (Å²) in [5, 5.41) is 0.834. The summed E-state index contributed by atoms with van der Waals surface area (Å²) in [6.45, 7) is 1.94. The molecule has 3 aromatic heterocycles. The molecule has 0 amide bonds. The lowest BCUT2D eigenvalue weighted by molar-refractivity contribution is 0.637. The van der Waals surface area contributed by atoms with E-state index in [1.807, 2.05) is 43.5 Å². The van der Waals surface area contributed by atoms with E-state index in [1.165, 1.54) is 5.56 Å². The summed E-state index contributed by atoms with van der Waals surface area (Å²) in [6, 6.07) is 14.0. The van der Waals surface area contributed by atoms with Gasteiger partial charge in [0.2, 0.25) is 5.88 Å². The van der Waals surface area contributed by atoms with Crippen LogP contribution in [0.3, 0.4) is 0 Å². The Hall–Kier alpha value is -3.34. The van der Waals surface area contributed by atoms with Crippen LogP contribution in [0.15, 0.2) is 59.3 Å². The molecule has 0 bridgehead atoms. The van der Waals surface area contributed by atoms with Crippen LogP contribution in [0.5, 0.6) is 0 Å². The molecule has 0 saturated carbocycles. The number of anilines is 2. The van der Waals surface area contributed by atoms with Gasteiger partial charge in [0.15, 0.2) is 5.58 Å². The van der Waals surface area contributed by atoms with Gasteiger partial charge in [-0.3, -0.25) is 9.97 Å². The summed E-state index contributed by atoms with van der Waals surface area (Å²) in [5.41, 5.74) is 18.0. The number of furan rings is 1. The number of nitrogens with two attached hydrogens (primary N) is 2. The minimum Gasteiger partial charge on any atom is -0.436 e. The summed E-state index contributed by atoms with van der Waals surface area (Å²) in [5.74, 6) is 0.226. The predicted octanol–water partition coefficient (Wildman–Crippen LogP) is 3.95. The van der Waals surface area contributed by atoms with E-state index in [0.717, 1.165) is 27.9 Å². The molecule has 4 N–H and O–H groups in total. The lowest BCUT2D eigenvalue weighted by Gasteiger charge is -2.08. The Kier molecular flexibility index (Phi) is 3.61. The highest BCUT2D eigenvalue weighted by atomic mass is 16.3. The first-order chi connectivity index (χ1) is 12.1. The van der Waals surface area contributed by atoms with Crippen molar-refractivity contribution in [2.45, 2.75) is 13.3 Å². The first kappa shape index (κ1) is 15.2. The van der Waals surface area contributed by atoms with Crippen LogP contribution in [0.4, 0.5) is 11.6 Å². The number of pyridine rings is 2. The molecule has 1 aromatic carbocycles. The fourth-order valence-electron chi connectivity index (χ4n) is 3.06. The number of aryl methyl sites for hydroxylation is 1. The second-order valence-corrected chi connectivity index (χ2v) is 6.06. The van der Waals surface area contributed by atoms with E-state index in [2.05, 4.69) is 22.1 Å². The summed E-state index contributed by atoms with van der Waals surface area (Å²) in [7, 11) is 0. The molecule has 0 atom stereocenters. The zero-order valence-corrected chi connectivity index (χ0v) is 13.9. The number of hydrogen-bond donors (Lipinski definition) is 2. The number of fused-ring (bicyclic) bond motifs is 1. The number of aromatic nitrogens is 2. The predicted molar refractivity (Wildman–Crippen MR) is 100 cm³/mol. The Bertz CT molecular complexity index is 1050. The highest BCUT2D eigenvalue weighted by Gasteiger charge is 2.19. The van der Waals surface area contributed by atoms with Crippen LogP contribution in [-0.4, -0.2) is 9.97 Å². The normalized spacial score (nSPS) is 11.1. The van der Waals surface area contributed by atoms with E-state index in [0.29, 0.717) is 17.7 Å². The van der Waals surface area contributed by atoms with E-state index in [9.17, 15) is 0 Å². The Labute approximate surface area is 145 Å². The third kappa shape index (κ3) is 2.70. The largest absolute Gasteiger partial charge is 0.436 e. The quantitative estimate of drug-likeness (QED) is 0.593. The molecule has 4 aromatic rings. The van der Waals surface area contributed by atoms with Crippen molar-refractivity contribution in [3.63, 3.8) is 0 Å². The lowest BCUT2D eigenvalue weighted by atomic mass is 10.0. The van der Waals surface area contributed by atoms with Gasteiger partial charge in [0.25, 0.3) is 0 Å². The summed E-state index contributed by atoms with van der Waals surface area (Å²) in [6.07, 6.45) is 4.32.